The van der Waals surface area contributed by atoms with Crippen LogP contribution in [0.4, 0.5) is 0 Å². The summed E-state index contributed by atoms with van der Waals surface area (Å²) in [6.45, 7) is 4.47. The molecule has 0 aromatic heterocycles. The quantitative estimate of drug-likeness (QED) is 0.749. The van der Waals surface area contributed by atoms with Gasteiger partial charge in [-0.25, -0.2) is 0 Å². The van der Waals surface area contributed by atoms with Crippen molar-refractivity contribution in [1.29, 1.82) is 0 Å². The van der Waals surface area contributed by atoms with Crippen molar-refractivity contribution in [1.82, 2.24) is 5.32 Å². The van der Waals surface area contributed by atoms with E-state index >= 15 is 0 Å². The molecule has 2 aromatic rings. The van der Waals surface area contributed by atoms with Gasteiger partial charge in [0.2, 0.25) is 0 Å². The molecule has 3 nitrogen and oxygen atoms in total. The first-order chi connectivity index (χ1) is 10.3. The zero-order valence-corrected chi connectivity index (χ0v) is 14.0. The Morgan fingerprint density at radius 2 is 1.73 bits per heavy atom. The number of hydrogen-bond acceptors (Lipinski definition) is 3. The lowest BCUT2D eigenvalue weighted by Crippen LogP contribution is -2.17. The Morgan fingerprint density at radius 3 is 2.41 bits per heavy atom. The minimum Gasteiger partial charge on any atom is -0.497 e. The Kier molecular flexibility index (Phi) is 8.41. The topological polar surface area (TPSA) is 30.5 Å². The van der Waals surface area contributed by atoms with Gasteiger partial charge in [-0.1, -0.05) is 30.3 Å². The van der Waals surface area contributed by atoms with Gasteiger partial charge in [0.15, 0.2) is 0 Å². The van der Waals surface area contributed by atoms with E-state index in [1.807, 2.05) is 37.3 Å². The van der Waals surface area contributed by atoms with E-state index in [0.717, 1.165) is 31.0 Å². The van der Waals surface area contributed by atoms with Crippen molar-refractivity contribution in [3.63, 3.8) is 0 Å². The summed E-state index contributed by atoms with van der Waals surface area (Å²) in [4.78, 5) is 0. The van der Waals surface area contributed by atoms with Gasteiger partial charge in [0, 0.05) is 12.1 Å². The van der Waals surface area contributed by atoms with Gasteiger partial charge in [0.05, 0.1) is 13.7 Å². The number of hydrogen-bond donors (Lipinski definition) is 1. The van der Waals surface area contributed by atoms with Crippen LogP contribution >= 0.6 is 12.4 Å². The molecule has 120 valence electrons. The van der Waals surface area contributed by atoms with Crippen LogP contribution in [0.15, 0.2) is 48.5 Å². The lowest BCUT2D eigenvalue weighted by molar-refractivity contribution is 0.335. The van der Waals surface area contributed by atoms with E-state index in [0.29, 0.717) is 6.61 Å². The van der Waals surface area contributed by atoms with Crippen LogP contribution in [0.25, 0.3) is 0 Å². The smallest absolute Gasteiger partial charge is 0.123 e. The van der Waals surface area contributed by atoms with Crippen molar-refractivity contribution in [2.75, 3.05) is 20.3 Å². The van der Waals surface area contributed by atoms with Crippen LogP contribution in [0.2, 0.25) is 0 Å². The van der Waals surface area contributed by atoms with Crippen LogP contribution in [0, 0.1) is 0 Å². The molecule has 0 amide bonds. The van der Waals surface area contributed by atoms with E-state index in [-0.39, 0.29) is 12.4 Å². The highest BCUT2D eigenvalue weighted by Crippen LogP contribution is 2.17. The largest absolute Gasteiger partial charge is 0.497 e. The summed E-state index contributed by atoms with van der Waals surface area (Å²) in [6.07, 6.45) is 1.00. The molecule has 0 saturated carbocycles. The first kappa shape index (κ1) is 18.3. The first-order valence-electron chi connectivity index (χ1n) is 7.38. The fourth-order valence-corrected chi connectivity index (χ4v) is 2.19. The maximum absolute atomic E-state index is 5.62. The average molecular weight is 322 g/mol. The molecule has 0 spiro atoms. The second-order valence-corrected chi connectivity index (χ2v) is 4.82. The molecule has 0 saturated heterocycles. The maximum Gasteiger partial charge on any atom is 0.123 e. The van der Waals surface area contributed by atoms with Crippen LogP contribution in [0.5, 0.6) is 11.5 Å². The van der Waals surface area contributed by atoms with Crippen molar-refractivity contribution in [2.45, 2.75) is 19.9 Å². The molecule has 0 aliphatic rings. The Balaban J connectivity index is 0.00000242. The number of para-hydroxylation sites is 1. The molecule has 0 atom stereocenters. The monoisotopic (exact) mass is 321 g/mol. The molecule has 0 unspecified atom stereocenters. The third-order valence-electron chi connectivity index (χ3n) is 3.34. The van der Waals surface area contributed by atoms with Crippen LogP contribution in [0.1, 0.15) is 18.1 Å². The minimum atomic E-state index is 0. The third-order valence-corrected chi connectivity index (χ3v) is 3.34. The number of benzene rings is 2. The molecule has 0 heterocycles. The standard InChI is InChI=1S/C18H23NO2.ClH/c1-3-21-18-7-5-4-6-16(18)14-19-13-12-15-8-10-17(20-2)11-9-15;/h4-11,19H,3,12-14H2,1-2H3;1H. The molecule has 22 heavy (non-hydrogen) atoms. The summed E-state index contributed by atoms with van der Waals surface area (Å²) in [6, 6.07) is 16.4. The molecule has 1 N–H and O–H groups in total. The highest BCUT2D eigenvalue weighted by Gasteiger charge is 2.01. The van der Waals surface area contributed by atoms with Gasteiger partial charge < -0.3 is 14.8 Å². The van der Waals surface area contributed by atoms with E-state index in [2.05, 4.69) is 23.5 Å². The van der Waals surface area contributed by atoms with Crippen molar-refractivity contribution in [2.24, 2.45) is 0 Å². The molecule has 0 aliphatic carbocycles. The average Bonchev–Trinajstić information content (AvgIpc) is 2.54. The zero-order chi connectivity index (χ0) is 14.9. The highest BCUT2D eigenvalue weighted by molar-refractivity contribution is 5.85. The molecular formula is C18H24ClNO2. The predicted molar refractivity (Wildman–Crippen MR) is 93.3 cm³/mol. The first-order valence-corrected chi connectivity index (χ1v) is 7.38. The SMILES string of the molecule is CCOc1ccccc1CNCCc1ccc(OC)cc1.Cl. The molecule has 0 fully saturated rings. The molecule has 0 bridgehead atoms. The molecule has 4 heteroatoms. The Hall–Kier alpha value is -1.71. The Morgan fingerprint density at radius 1 is 1.00 bits per heavy atom. The molecule has 2 rings (SSSR count). The summed E-state index contributed by atoms with van der Waals surface area (Å²) in [5.74, 6) is 1.87. The van der Waals surface area contributed by atoms with Crippen molar-refractivity contribution < 1.29 is 9.47 Å². The van der Waals surface area contributed by atoms with Gasteiger partial charge >= 0.3 is 0 Å². The summed E-state index contributed by atoms with van der Waals surface area (Å²) >= 11 is 0. The minimum absolute atomic E-state index is 0. The van der Waals surface area contributed by atoms with E-state index in [9.17, 15) is 0 Å². The van der Waals surface area contributed by atoms with Gasteiger partial charge in [-0.3, -0.25) is 0 Å². The van der Waals surface area contributed by atoms with Gasteiger partial charge in [-0.05, 0) is 43.7 Å². The maximum atomic E-state index is 5.62. The van der Waals surface area contributed by atoms with Crippen LogP contribution in [0.3, 0.4) is 0 Å². The van der Waals surface area contributed by atoms with Gasteiger partial charge in [0.25, 0.3) is 0 Å². The van der Waals surface area contributed by atoms with Crippen LogP contribution in [-0.4, -0.2) is 20.3 Å². The third kappa shape index (κ3) is 5.58. The normalized spacial score (nSPS) is 9.91. The Labute approximate surface area is 139 Å². The van der Waals surface area contributed by atoms with E-state index in [1.54, 1.807) is 7.11 Å². The van der Waals surface area contributed by atoms with Gasteiger partial charge in [-0.2, -0.15) is 0 Å². The number of rotatable bonds is 8. The molecule has 2 aromatic carbocycles. The fraction of sp³-hybridized carbons (Fsp3) is 0.333. The van der Waals surface area contributed by atoms with Crippen LogP contribution in [-0.2, 0) is 13.0 Å². The summed E-state index contributed by atoms with van der Waals surface area (Å²) < 4.78 is 10.8. The number of nitrogens with one attached hydrogen (secondary N) is 1. The fourth-order valence-electron chi connectivity index (χ4n) is 2.19. The van der Waals surface area contributed by atoms with E-state index in [1.165, 1.54) is 11.1 Å². The lowest BCUT2D eigenvalue weighted by atomic mass is 10.1. The number of ether oxygens (including phenoxy) is 2. The second-order valence-electron chi connectivity index (χ2n) is 4.82. The molecule has 0 aliphatic heterocycles. The van der Waals surface area contributed by atoms with Gasteiger partial charge in [0.1, 0.15) is 11.5 Å². The predicted octanol–water partition coefficient (Wildman–Crippen LogP) is 3.85. The summed E-state index contributed by atoms with van der Waals surface area (Å²) in [5.41, 5.74) is 2.51. The number of methoxy groups -OCH3 is 1. The lowest BCUT2D eigenvalue weighted by Gasteiger charge is -2.11. The Bertz CT molecular complexity index is 543. The van der Waals surface area contributed by atoms with Crippen molar-refractivity contribution >= 4 is 12.4 Å². The molecule has 0 radical (unpaired) electrons. The second kappa shape index (κ2) is 10.1. The zero-order valence-electron chi connectivity index (χ0n) is 13.2. The summed E-state index contributed by atoms with van der Waals surface area (Å²) in [7, 11) is 1.69. The van der Waals surface area contributed by atoms with Crippen LogP contribution < -0.4 is 14.8 Å². The highest BCUT2D eigenvalue weighted by atomic mass is 35.5. The van der Waals surface area contributed by atoms with E-state index in [4.69, 9.17) is 9.47 Å². The molecular weight excluding hydrogens is 298 g/mol. The van der Waals surface area contributed by atoms with Gasteiger partial charge in [-0.15, -0.1) is 12.4 Å². The van der Waals surface area contributed by atoms with Crippen molar-refractivity contribution in [3.05, 3.63) is 59.7 Å². The van der Waals surface area contributed by atoms with Crippen molar-refractivity contribution in [3.8, 4) is 11.5 Å². The van der Waals surface area contributed by atoms with E-state index < -0.39 is 0 Å². The number of halogens is 1. The summed E-state index contributed by atoms with van der Waals surface area (Å²) in [5, 5.41) is 3.47.